The van der Waals surface area contributed by atoms with Crippen molar-refractivity contribution in [1.82, 2.24) is 4.90 Å². The molecule has 1 aliphatic rings. The van der Waals surface area contributed by atoms with Gasteiger partial charge in [0.2, 0.25) is 0 Å². The van der Waals surface area contributed by atoms with Crippen molar-refractivity contribution >= 4 is 5.69 Å². The van der Waals surface area contributed by atoms with E-state index in [1.165, 1.54) is 18.2 Å². The van der Waals surface area contributed by atoms with Gasteiger partial charge < -0.3 is 4.90 Å². The second-order valence-corrected chi connectivity index (χ2v) is 5.45. The smallest absolute Gasteiger partial charge is 0.163 e. The Morgan fingerprint density at radius 2 is 1.50 bits per heavy atom. The maximum absolute atomic E-state index is 13.7. The normalized spacial score (nSPS) is 16.0. The molecule has 0 saturated carbocycles. The standard InChI is InChI=1S/C17H17F3N2/c18-14-4-6-15(7-5-14)22-10-8-21(9-11-22)12-13-2-1-3-16(19)17(13)20/h1-7H,8-12H2. The van der Waals surface area contributed by atoms with Gasteiger partial charge in [0.25, 0.3) is 0 Å². The van der Waals surface area contributed by atoms with E-state index in [1.54, 1.807) is 18.2 Å². The fourth-order valence-electron chi connectivity index (χ4n) is 2.73. The van der Waals surface area contributed by atoms with Crippen LogP contribution in [0.15, 0.2) is 42.5 Å². The first-order valence-corrected chi connectivity index (χ1v) is 7.29. The fourth-order valence-corrected chi connectivity index (χ4v) is 2.73. The maximum Gasteiger partial charge on any atom is 0.163 e. The molecule has 0 bridgehead atoms. The number of nitrogens with zero attached hydrogens (tertiary/aromatic N) is 2. The number of halogens is 3. The predicted octanol–water partition coefficient (Wildman–Crippen LogP) is 3.43. The lowest BCUT2D eigenvalue weighted by Crippen LogP contribution is -2.46. The summed E-state index contributed by atoms with van der Waals surface area (Å²) in [7, 11) is 0. The van der Waals surface area contributed by atoms with E-state index in [1.807, 2.05) is 0 Å². The van der Waals surface area contributed by atoms with Crippen LogP contribution < -0.4 is 4.90 Å². The SMILES string of the molecule is Fc1ccc(N2CCN(Cc3cccc(F)c3F)CC2)cc1. The van der Waals surface area contributed by atoms with Gasteiger partial charge in [-0.3, -0.25) is 4.90 Å². The molecule has 1 fully saturated rings. The van der Waals surface area contributed by atoms with Crippen LogP contribution in [0.5, 0.6) is 0 Å². The van der Waals surface area contributed by atoms with Crippen LogP contribution in [0.1, 0.15) is 5.56 Å². The summed E-state index contributed by atoms with van der Waals surface area (Å²) in [5.74, 6) is -1.81. The van der Waals surface area contributed by atoms with E-state index in [2.05, 4.69) is 9.80 Å². The van der Waals surface area contributed by atoms with Gasteiger partial charge in [0.1, 0.15) is 5.82 Å². The number of hydrogen-bond donors (Lipinski definition) is 0. The average molecular weight is 306 g/mol. The molecule has 0 N–H and O–H groups in total. The molecule has 0 unspecified atom stereocenters. The van der Waals surface area contributed by atoms with Crippen LogP contribution in [0.25, 0.3) is 0 Å². The monoisotopic (exact) mass is 306 g/mol. The minimum Gasteiger partial charge on any atom is -0.369 e. The second kappa shape index (κ2) is 6.40. The summed E-state index contributed by atoms with van der Waals surface area (Å²) in [5, 5.41) is 0. The Morgan fingerprint density at radius 1 is 0.818 bits per heavy atom. The van der Waals surface area contributed by atoms with Crippen LogP contribution in [0.3, 0.4) is 0 Å². The first-order chi connectivity index (χ1) is 10.6. The molecular formula is C17H17F3N2. The Labute approximate surface area is 127 Å². The van der Waals surface area contributed by atoms with Crippen molar-refractivity contribution in [2.24, 2.45) is 0 Å². The zero-order valence-electron chi connectivity index (χ0n) is 12.1. The molecule has 0 atom stereocenters. The first-order valence-electron chi connectivity index (χ1n) is 7.29. The molecule has 3 rings (SSSR count). The number of benzene rings is 2. The average Bonchev–Trinajstić information content (AvgIpc) is 2.53. The van der Waals surface area contributed by atoms with Gasteiger partial charge >= 0.3 is 0 Å². The quantitative estimate of drug-likeness (QED) is 0.857. The Kier molecular flexibility index (Phi) is 4.34. The Morgan fingerprint density at radius 3 is 2.18 bits per heavy atom. The zero-order valence-corrected chi connectivity index (χ0v) is 12.1. The van der Waals surface area contributed by atoms with Gasteiger partial charge in [-0.2, -0.15) is 0 Å². The van der Waals surface area contributed by atoms with Crippen LogP contribution >= 0.6 is 0 Å². The number of rotatable bonds is 3. The molecule has 116 valence electrons. The number of anilines is 1. The molecule has 2 aromatic rings. The highest BCUT2D eigenvalue weighted by atomic mass is 19.2. The third-order valence-electron chi connectivity index (χ3n) is 3.99. The zero-order chi connectivity index (χ0) is 15.5. The molecule has 0 aliphatic carbocycles. The molecule has 22 heavy (non-hydrogen) atoms. The van der Waals surface area contributed by atoms with Crippen molar-refractivity contribution in [3.05, 3.63) is 65.5 Å². The summed E-state index contributed by atoms with van der Waals surface area (Å²) in [5.41, 5.74) is 1.37. The first kappa shape index (κ1) is 14.9. The van der Waals surface area contributed by atoms with E-state index in [4.69, 9.17) is 0 Å². The van der Waals surface area contributed by atoms with E-state index >= 15 is 0 Å². The number of hydrogen-bond acceptors (Lipinski definition) is 2. The van der Waals surface area contributed by atoms with E-state index in [0.29, 0.717) is 12.1 Å². The van der Waals surface area contributed by atoms with Crippen LogP contribution in [0, 0.1) is 17.5 Å². The van der Waals surface area contributed by atoms with Gasteiger partial charge in [0.15, 0.2) is 11.6 Å². The topological polar surface area (TPSA) is 6.48 Å². The molecule has 1 saturated heterocycles. The molecule has 5 heteroatoms. The lowest BCUT2D eigenvalue weighted by molar-refractivity contribution is 0.245. The summed E-state index contributed by atoms with van der Waals surface area (Å²) in [6.45, 7) is 3.48. The van der Waals surface area contributed by atoms with Crippen LogP contribution in [-0.2, 0) is 6.54 Å². The molecule has 2 nitrogen and oxygen atoms in total. The molecule has 0 amide bonds. The third-order valence-corrected chi connectivity index (χ3v) is 3.99. The number of piperazine rings is 1. The van der Waals surface area contributed by atoms with E-state index in [9.17, 15) is 13.2 Å². The lowest BCUT2D eigenvalue weighted by Gasteiger charge is -2.36. The van der Waals surface area contributed by atoms with Crippen molar-refractivity contribution in [1.29, 1.82) is 0 Å². The van der Waals surface area contributed by atoms with Crippen LogP contribution in [0.4, 0.5) is 18.9 Å². The van der Waals surface area contributed by atoms with Gasteiger partial charge in [-0.25, -0.2) is 13.2 Å². The van der Waals surface area contributed by atoms with Crippen LogP contribution in [0.2, 0.25) is 0 Å². The molecule has 0 aromatic heterocycles. The van der Waals surface area contributed by atoms with Gasteiger partial charge in [0, 0.05) is 44.0 Å². The van der Waals surface area contributed by atoms with Crippen molar-refractivity contribution in [2.75, 3.05) is 31.1 Å². The van der Waals surface area contributed by atoms with Gasteiger partial charge in [-0.1, -0.05) is 12.1 Å². The van der Waals surface area contributed by atoms with Gasteiger partial charge in [-0.15, -0.1) is 0 Å². The van der Waals surface area contributed by atoms with Crippen molar-refractivity contribution in [3.8, 4) is 0 Å². The summed E-state index contributed by atoms with van der Waals surface area (Å²) >= 11 is 0. The third kappa shape index (κ3) is 3.25. The highest BCUT2D eigenvalue weighted by Crippen LogP contribution is 2.19. The van der Waals surface area contributed by atoms with Crippen molar-refractivity contribution in [3.63, 3.8) is 0 Å². The Balaban J connectivity index is 1.60. The molecule has 0 radical (unpaired) electrons. The largest absolute Gasteiger partial charge is 0.369 e. The van der Waals surface area contributed by atoms with E-state index in [0.717, 1.165) is 37.9 Å². The molecule has 1 heterocycles. The highest BCUT2D eigenvalue weighted by Gasteiger charge is 2.19. The Hall–Kier alpha value is -2.01. The summed E-state index contributed by atoms with van der Waals surface area (Å²) < 4.78 is 39.8. The highest BCUT2D eigenvalue weighted by molar-refractivity contribution is 5.46. The fraction of sp³-hybridized carbons (Fsp3) is 0.294. The van der Waals surface area contributed by atoms with Gasteiger partial charge in [0.05, 0.1) is 0 Å². The Bertz CT molecular complexity index is 635. The minimum absolute atomic E-state index is 0.246. The van der Waals surface area contributed by atoms with Crippen molar-refractivity contribution < 1.29 is 13.2 Å². The minimum atomic E-state index is -0.803. The predicted molar refractivity (Wildman–Crippen MR) is 80.2 cm³/mol. The van der Waals surface area contributed by atoms with Crippen LogP contribution in [-0.4, -0.2) is 31.1 Å². The molecule has 1 aliphatic heterocycles. The van der Waals surface area contributed by atoms with Gasteiger partial charge in [-0.05, 0) is 30.3 Å². The maximum atomic E-state index is 13.7. The molecule has 0 spiro atoms. The van der Waals surface area contributed by atoms with E-state index < -0.39 is 11.6 Å². The lowest BCUT2D eigenvalue weighted by atomic mass is 10.1. The molecular weight excluding hydrogens is 289 g/mol. The van der Waals surface area contributed by atoms with E-state index in [-0.39, 0.29) is 5.82 Å². The summed E-state index contributed by atoms with van der Waals surface area (Å²) in [4.78, 5) is 4.26. The van der Waals surface area contributed by atoms with Crippen molar-refractivity contribution in [2.45, 2.75) is 6.54 Å². The summed E-state index contributed by atoms with van der Waals surface area (Å²) in [6.07, 6.45) is 0. The summed E-state index contributed by atoms with van der Waals surface area (Å²) in [6, 6.07) is 10.7. The molecule has 2 aromatic carbocycles. The second-order valence-electron chi connectivity index (χ2n) is 5.45.